The molecule has 0 aliphatic rings. The summed E-state index contributed by atoms with van der Waals surface area (Å²) in [7, 11) is 1.50. The van der Waals surface area contributed by atoms with E-state index in [0.29, 0.717) is 5.70 Å². The molecule has 230 valence electrons. The van der Waals surface area contributed by atoms with Crippen LogP contribution in [0.5, 0.6) is 0 Å². The van der Waals surface area contributed by atoms with Gasteiger partial charge in [-0.25, -0.2) is 0 Å². The SMILES string of the molecule is C/C=C\C(=C/C)C/C=C(\C=C(/N)c1ccccc1)N(c1ccccc1-c1ccccc1C)C(N)c1ccccc1.CC.CN. The van der Waals surface area contributed by atoms with E-state index in [1.807, 2.05) is 69.3 Å². The molecule has 0 heterocycles. The molecule has 44 heavy (non-hydrogen) atoms. The minimum absolute atomic E-state index is 0.451. The van der Waals surface area contributed by atoms with Gasteiger partial charge in [-0.1, -0.05) is 141 Å². The van der Waals surface area contributed by atoms with E-state index in [1.165, 1.54) is 23.7 Å². The summed E-state index contributed by atoms with van der Waals surface area (Å²) in [6, 6.07) is 37.2. The number of rotatable bonds is 10. The average molecular weight is 587 g/mol. The van der Waals surface area contributed by atoms with Crippen LogP contribution in [0.1, 0.15) is 57.0 Å². The molecule has 4 aromatic rings. The summed E-state index contributed by atoms with van der Waals surface area (Å²) in [6.07, 6.45) is 10.9. The maximum absolute atomic E-state index is 7.16. The fourth-order valence-electron chi connectivity index (χ4n) is 4.85. The highest BCUT2D eigenvalue weighted by atomic mass is 15.2. The zero-order valence-corrected chi connectivity index (χ0v) is 27.2. The first-order valence-electron chi connectivity index (χ1n) is 15.4. The summed E-state index contributed by atoms with van der Waals surface area (Å²) in [5.41, 5.74) is 27.7. The van der Waals surface area contributed by atoms with Crippen LogP contribution in [-0.2, 0) is 0 Å². The van der Waals surface area contributed by atoms with Gasteiger partial charge in [0.15, 0.2) is 0 Å². The van der Waals surface area contributed by atoms with E-state index in [1.54, 1.807) is 0 Å². The third-order valence-corrected chi connectivity index (χ3v) is 7.01. The molecule has 0 radical (unpaired) electrons. The van der Waals surface area contributed by atoms with Crippen molar-refractivity contribution in [2.24, 2.45) is 17.2 Å². The Labute approximate surface area is 265 Å². The number of anilines is 1. The lowest BCUT2D eigenvalue weighted by Crippen LogP contribution is -2.34. The number of para-hydroxylation sites is 1. The minimum atomic E-state index is -0.451. The molecule has 0 amide bonds. The van der Waals surface area contributed by atoms with Crippen molar-refractivity contribution in [3.8, 4) is 11.1 Å². The predicted molar refractivity (Wildman–Crippen MR) is 194 cm³/mol. The monoisotopic (exact) mass is 586 g/mol. The minimum Gasteiger partial charge on any atom is -0.398 e. The largest absolute Gasteiger partial charge is 0.398 e. The second-order valence-electron chi connectivity index (χ2n) is 9.72. The van der Waals surface area contributed by atoms with E-state index in [9.17, 15) is 0 Å². The second-order valence-corrected chi connectivity index (χ2v) is 9.72. The quantitative estimate of drug-likeness (QED) is 0.128. The predicted octanol–water partition coefficient (Wildman–Crippen LogP) is 9.52. The lowest BCUT2D eigenvalue weighted by molar-refractivity contribution is 0.713. The smallest absolute Gasteiger partial charge is 0.108 e. The van der Waals surface area contributed by atoms with Crippen molar-refractivity contribution in [2.45, 2.75) is 47.2 Å². The first-order valence-corrected chi connectivity index (χ1v) is 15.4. The number of allylic oxidation sites excluding steroid dienone is 6. The molecular formula is C40H50N4. The van der Waals surface area contributed by atoms with Crippen molar-refractivity contribution in [2.75, 3.05) is 11.9 Å². The molecule has 0 spiro atoms. The Balaban J connectivity index is 0.00000162. The summed E-state index contributed by atoms with van der Waals surface area (Å²) >= 11 is 0. The summed E-state index contributed by atoms with van der Waals surface area (Å²) in [5.74, 6) is 0. The molecule has 0 fully saturated rings. The highest BCUT2D eigenvalue weighted by molar-refractivity contribution is 5.83. The first kappa shape index (κ1) is 35.6. The molecule has 4 nitrogen and oxygen atoms in total. The van der Waals surface area contributed by atoms with Crippen molar-refractivity contribution in [1.29, 1.82) is 0 Å². The van der Waals surface area contributed by atoms with Crippen LogP contribution in [-0.4, -0.2) is 7.05 Å². The van der Waals surface area contributed by atoms with Crippen LogP contribution < -0.4 is 22.1 Å². The Morgan fingerprint density at radius 1 is 0.750 bits per heavy atom. The molecule has 0 bridgehead atoms. The molecule has 0 saturated heterocycles. The molecule has 1 unspecified atom stereocenters. The number of nitrogens with zero attached hydrogens (tertiary/aromatic N) is 1. The molecule has 0 aliphatic heterocycles. The van der Waals surface area contributed by atoms with Crippen molar-refractivity contribution in [3.63, 3.8) is 0 Å². The fraction of sp³-hybridized carbons (Fsp3) is 0.200. The Morgan fingerprint density at radius 3 is 1.89 bits per heavy atom. The van der Waals surface area contributed by atoms with E-state index in [-0.39, 0.29) is 0 Å². The van der Waals surface area contributed by atoms with Gasteiger partial charge >= 0.3 is 0 Å². The second kappa shape index (κ2) is 19.5. The van der Waals surface area contributed by atoms with E-state index in [0.717, 1.165) is 34.5 Å². The van der Waals surface area contributed by atoms with Crippen molar-refractivity contribution >= 4 is 11.4 Å². The van der Waals surface area contributed by atoms with Gasteiger partial charge in [0.2, 0.25) is 0 Å². The lowest BCUT2D eigenvalue weighted by atomic mass is 9.97. The molecule has 0 saturated carbocycles. The van der Waals surface area contributed by atoms with E-state index >= 15 is 0 Å². The topological polar surface area (TPSA) is 81.3 Å². The Morgan fingerprint density at radius 2 is 1.30 bits per heavy atom. The van der Waals surface area contributed by atoms with Gasteiger partial charge in [0.25, 0.3) is 0 Å². The molecular weight excluding hydrogens is 536 g/mol. The number of nitrogens with two attached hydrogens (primary N) is 3. The number of hydrogen-bond donors (Lipinski definition) is 3. The van der Waals surface area contributed by atoms with Gasteiger partial charge in [0.05, 0.1) is 5.69 Å². The summed E-state index contributed by atoms with van der Waals surface area (Å²) in [4.78, 5) is 2.22. The molecule has 4 heteroatoms. The third kappa shape index (κ3) is 9.70. The van der Waals surface area contributed by atoms with Crippen LogP contribution in [0.4, 0.5) is 5.69 Å². The van der Waals surface area contributed by atoms with Gasteiger partial charge in [-0.2, -0.15) is 0 Å². The summed E-state index contributed by atoms with van der Waals surface area (Å²) in [5, 5.41) is 0. The number of aryl methyl sites for hydroxylation is 1. The molecule has 6 N–H and O–H groups in total. The maximum Gasteiger partial charge on any atom is 0.108 e. The van der Waals surface area contributed by atoms with Crippen LogP contribution in [0.3, 0.4) is 0 Å². The molecule has 0 aromatic heterocycles. The normalized spacial score (nSPS) is 12.5. The van der Waals surface area contributed by atoms with Gasteiger partial charge in [0, 0.05) is 17.0 Å². The first-order chi connectivity index (χ1) is 21.5. The highest BCUT2D eigenvalue weighted by Crippen LogP contribution is 2.39. The van der Waals surface area contributed by atoms with Gasteiger partial charge in [-0.05, 0) is 74.2 Å². The van der Waals surface area contributed by atoms with Gasteiger partial charge in [0.1, 0.15) is 6.17 Å². The Hall–Kier alpha value is -4.64. The lowest BCUT2D eigenvalue weighted by Gasteiger charge is -2.34. The summed E-state index contributed by atoms with van der Waals surface area (Å²) < 4.78 is 0. The van der Waals surface area contributed by atoms with Gasteiger partial charge in [-0.3, -0.25) is 0 Å². The van der Waals surface area contributed by atoms with Crippen molar-refractivity contribution < 1.29 is 0 Å². The van der Waals surface area contributed by atoms with E-state index in [2.05, 4.69) is 116 Å². The van der Waals surface area contributed by atoms with Gasteiger partial charge < -0.3 is 22.1 Å². The zero-order chi connectivity index (χ0) is 32.3. The fourth-order valence-corrected chi connectivity index (χ4v) is 4.85. The average Bonchev–Trinajstić information content (AvgIpc) is 3.09. The molecule has 4 aromatic carbocycles. The van der Waals surface area contributed by atoms with Crippen molar-refractivity contribution in [1.82, 2.24) is 0 Å². The third-order valence-electron chi connectivity index (χ3n) is 7.01. The molecule has 0 aliphatic carbocycles. The Bertz CT molecular complexity index is 1520. The van der Waals surface area contributed by atoms with Gasteiger partial charge in [-0.15, -0.1) is 0 Å². The summed E-state index contributed by atoms with van der Waals surface area (Å²) in [6.45, 7) is 10.3. The van der Waals surface area contributed by atoms with Crippen LogP contribution in [0, 0.1) is 6.92 Å². The zero-order valence-electron chi connectivity index (χ0n) is 27.2. The number of benzene rings is 4. The maximum atomic E-state index is 7.16. The highest BCUT2D eigenvalue weighted by Gasteiger charge is 2.23. The number of hydrogen-bond acceptors (Lipinski definition) is 4. The van der Waals surface area contributed by atoms with Crippen LogP contribution in [0.2, 0.25) is 0 Å². The molecule has 1 atom stereocenters. The van der Waals surface area contributed by atoms with Crippen LogP contribution in [0.15, 0.2) is 151 Å². The van der Waals surface area contributed by atoms with Crippen LogP contribution in [0.25, 0.3) is 16.8 Å². The Kier molecular flexibility index (Phi) is 15.8. The van der Waals surface area contributed by atoms with Crippen LogP contribution >= 0.6 is 0 Å². The van der Waals surface area contributed by atoms with Crippen molar-refractivity contribution in [3.05, 3.63) is 168 Å². The van der Waals surface area contributed by atoms with E-state index < -0.39 is 6.17 Å². The van der Waals surface area contributed by atoms with E-state index in [4.69, 9.17) is 11.5 Å². The standard InChI is InChI=1S/C37H39N3.C2H6.CH5N/c1-4-16-29(5-2)25-26-32(27-35(38)30-18-8-6-9-19-30)40(37(39)31-20-10-7-11-21-31)36-24-15-14-23-34(36)33-22-13-12-17-28(33)3;2*1-2/h4-24,26-27,37H,25,38-39H2,1-3H3;1-2H3;2H2,1H3/b16-4-,29-5+,32-26+,35-27-;;. The molecule has 4 rings (SSSR count).